The summed E-state index contributed by atoms with van der Waals surface area (Å²) in [6.07, 6.45) is -9.14. The summed E-state index contributed by atoms with van der Waals surface area (Å²) in [4.78, 5) is 24.8. The molecule has 5 N–H and O–H groups in total. The molecule has 186 valence electrons. The van der Waals surface area contributed by atoms with Crippen LogP contribution in [0.3, 0.4) is 0 Å². The fourth-order valence-electron chi connectivity index (χ4n) is 3.66. The summed E-state index contributed by atoms with van der Waals surface area (Å²) in [5, 5.41) is 50.9. The number of rotatable bonds is 5. The zero-order valence-corrected chi connectivity index (χ0v) is 18.4. The van der Waals surface area contributed by atoms with Crippen molar-refractivity contribution in [3.05, 3.63) is 46.6 Å². The number of benzene rings is 2. The zero-order chi connectivity index (χ0) is 25.4. The fraction of sp³-hybridized carbons (Fsp3) is 0.304. The fourth-order valence-corrected chi connectivity index (χ4v) is 3.66. The molecule has 2 heterocycles. The minimum atomic E-state index is -1.88. The van der Waals surface area contributed by atoms with Gasteiger partial charge in [0.2, 0.25) is 12.0 Å². The number of methoxy groups -OCH3 is 2. The Kier molecular flexibility index (Phi) is 6.54. The van der Waals surface area contributed by atoms with Crippen molar-refractivity contribution in [1.29, 1.82) is 0 Å². The van der Waals surface area contributed by atoms with Crippen molar-refractivity contribution in [2.45, 2.75) is 30.7 Å². The topological polar surface area (TPSA) is 185 Å². The molecular formula is C23H22O12. The second-order valence-corrected chi connectivity index (χ2v) is 7.69. The first kappa shape index (κ1) is 24.3. The number of phenols is 2. The number of aliphatic hydroxyl groups excluding tert-OH is 3. The van der Waals surface area contributed by atoms with Gasteiger partial charge in [0.15, 0.2) is 22.9 Å². The summed E-state index contributed by atoms with van der Waals surface area (Å²) in [5.74, 6) is -2.27. The lowest BCUT2D eigenvalue weighted by atomic mass is 9.99. The van der Waals surface area contributed by atoms with E-state index < -0.39 is 64.9 Å². The van der Waals surface area contributed by atoms with Crippen LogP contribution in [0.1, 0.15) is 0 Å². The molecule has 1 aliphatic rings. The van der Waals surface area contributed by atoms with Crippen LogP contribution in [0.5, 0.6) is 23.0 Å². The van der Waals surface area contributed by atoms with Gasteiger partial charge in [-0.05, 0) is 24.3 Å². The molecular weight excluding hydrogens is 468 g/mol. The van der Waals surface area contributed by atoms with Crippen molar-refractivity contribution in [3.8, 4) is 34.3 Å². The highest BCUT2D eigenvalue weighted by Gasteiger charge is 2.49. The molecule has 1 fully saturated rings. The van der Waals surface area contributed by atoms with Gasteiger partial charge >= 0.3 is 5.97 Å². The smallest absolute Gasteiger partial charge is 0.337 e. The van der Waals surface area contributed by atoms with Crippen LogP contribution in [0.25, 0.3) is 22.3 Å². The Labute approximate surface area is 197 Å². The number of hydrogen-bond acceptors (Lipinski definition) is 12. The van der Waals surface area contributed by atoms with Crippen LogP contribution >= 0.6 is 0 Å². The van der Waals surface area contributed by atoms with Gasteiger partial charge in [0, 0.05) is 17.7 Å². The molecule has 5 unspecified atom stereocenters. The lowest BCUT2D eigenvalue weighted by molar-refractivity contribution is -0.271. The molecule has 12 heteroatoms. The van der Waals surface area contributed by atoms with Gasteiger partial charge in [-0.3, -0.25) is 4.79 Å². The van der Waals surface area contributed by atoms with E-state index in [0.29, 0.717) is 11.3 Å². The summed E-state index contributed by atoms with van der Waals surface area (Å²) in [6.45, 7) is 0. The highest BCUT2D eigenvalue weighted by Crippen LogP contribution is 2.42. The Morgan fingerprint density at radius 1 is 0.943 bits per heavy atom. The molecule has 0 aliphatic carbocycles. The number of esters is 1. The van der Waals surface area contributed by atoms with Crippen LogP contribution in [0, 0.1) is 0 Å². The van der Waals surface area contributed by atoms with E-state index in [-0.39, 0.29) is 11.1 Å². The monoisotopic (exact) mass is 490 g/mol. The van der Waals surface area contributed by atoms with E-state index >= 15 is 0 Å². The summed E-state index contributed by atoms with van der Waals surface area (Å²) in [5.41, 5.74) is -0.615. The van der Waals surface area contributed by atoms with Gasteiger partial charge in [0.25, 0.3) is 0 Å². The molecule has 1 aromatic heterocycles. The Balaban J connectivity index is 1.81. The number of aliphatic hydroxyl groups is 3. The van der Waals surface area contributed by atoms with Crippen molar-refractivity contribution < 1.29 is 53.7 Å². The minimum Gasteiger partial charge on any atom is -0.507 e. The molecule has 0 saturated carbocycles. The van der Waals surface area contributed by atoms with Crippen LogP contribution in [0.4, 0.5) is 0 Å². The van der Waals surface area contributed by atoms with Gasteiger partial charge in [-0.1, -0.05) is 0 Å². The quantitative estimate of drug-likeness (QED) is 0.307. The van der Waals surface area contributed by atoms with Crippen molar-refractivity contribution >= 4 is 16.9 Å². The molecule has 12 nitrogen and oxygen atoms in total. The van der Waals surface area contributed by atoms with Crippen LogP contribution in [-0.2, 0) is 14.3 Å². The molecule has 0 radical (unpaired) electrons. The Morgan fingerprint density at radius 3 is 2.26 bits per heavy atom. The van der Waals surface area contributed by atoms with Gasteiger partial charge in [-0.15, -0.1) is 0 Å². The standard InChI is InChI=1S/C23H22O12/c1-31-10-5-3-9(4-6-10)14-8-12(25)15-11(24)7-13(26)19(20(15)33-14)34-23-18(29)16(27)17(28)21(35-23)22(30)32-2/h3-8,16-18,21,23-24,26-29H,1-2H3. The van der Waals surface area contributed by atoms with Crippen LogP contribution in [0.15, 0.2) is 45.6 Å². The number of aromatic hydroxyl groups is 2. The first-order valence-corrected chi connectivity index (χ1v) is 10.3. The van der Waals surface area contributed by atoms with Crippen molar-refractivity contribution in [1.82, 2.24) is 0 Å². The Hall–Kier alpha value is -3.84. The van der Waals surface area contributed by atoms with E-state index in [1.807, 2.05) is 0 Å². The van der Waals surface area contributed by atoms with Crippen LogP contribution in [0.2, 0.25) is 0 Å². The maximum atomic E-state index is 12.8. The van der Waals surface area contributed by atoms with E-state index in [1.54, 1.807) is 24.3 Å². The third-order valence-electron chi connectivity index (χ3n) is 5.53. The average Bonchev–Trinajstić information content (AvgIpc) is 2.85. The molecule has 0 spiro atoms. The van der Waals surface area contributed by atoms with E-state index in [1.165, 1.54) is 7.11 Å². The maximum absolute atomic E-state index is 12.8. The molecule has 0 amide bonds. The van der Waals surface area contributed by atoms with E-state index in [2.05, 4.69) is 4.74 Å². The molecule has 0 bridgehead atoms. The van der Waals surface area contributed by atoms with E-state index in [4.69, 9.17) is 18.6 Å². The highest BCUT2D eigenvalue weighted by molar-refractivity contribution is 5.91. The SMILES string of the molecule is COC(=O)C1OC(Oc2c(O)cc(O)c3c(=O)cc(-c4ccc(OC)cc4)oc23)C(O)C(O)C1O. The van der Waals surface area contributed by atoms with E-state index in [0.717, 1.165) is 19.2 Å². The highest BCUT2D eigenvalue weighted by atomic mass is 16.7. The third-order valence-corrected chi connectivity index (χ3v) is 5.53. The predicted octanol–water partition coefficient (Wildman–Crippen LogP) is 0.239. The van der Waals surface area contributed by atoms with Gasteiger partial charge < -0.3 is 48.9 Å². The number of carbonyl (C=O) groups excluding carboxylic acids is 1. The molecule has 4 rings (SSSR count). The lowest BCUT2D eigenvalue weighted by Gasteiger charge is -2.38. The van der Waals surface area contributed by atoms with E-state index in [9.17, 15) is 35.1 Å². The number of carbonyl (C=O) groups is 1. The maximum Gasteiger partial charge on any atom is 0.337 e. The van der Waals surface area contributed by atoms with Crippen molar-refractivity contribution in [2.75, 3.05) is 14.2 Å². The minimum absolute atomic E-state index is 0.0491. The number of hydrogen-bond donors (Lipinski definition) is 5. The summed E-state index contributed by atoms with van der Waals surface area (Å²) >= 11 is 0. The Bertz CT molecular complexity index is 1300. The molecule has 5 atom stereocenters. The molecule has 1 aliphatic heterocycles. The molecule has 3 aromatic rings. The number of phenolic OH excluding ortho intramolecular Hbond substituents is 2. The second kappa shape index (κ2) is 9.43. The molecule has 35 heavy (non-hydrogen) atoms. The molecule has 2 aromatic carbocycles. The summed E-state index contributed by atoms with van der Waals surface area (Å²) < 4.78 is 26.2. The summed E-state index contributed by atoms with van der Waals surface area (Å²) in [6, 6.07) is 8.42. The summed E-state index contributed by atoms with van der Waals surface area (Å²) in [7, 11) is 2.52. The van der Waals surface area contributed by atoms with Crippen molar-refractivity contribution in [3.63, 3.8) is 0 Å². The van der Waals surface area contributed by atoms with Gasteiger partial charge in [-0.2, -0.15) is 0 Å². The zero-order valence-electron chi connectivity index (χ0n) is 18.4. The third kappa shape index (κ3) is 4.35. The number of fused-ring (bicyclic) bond motifs is 1. The van der Waals surface area contributed by atoms with Crippen LogP contribution in [-0.4, -0.2) is 76.4 Å². The van der Waals surface area contributed by atoms with Crippen molar-refractivity contribution in [2.24, 2.45) is 0 Å². The van der Waals surface area contributed by atoms with Gasteiger partial charge in [0.05, 0.1) is 14.2 Å². The van der Waals surface area contributed by atoms with Gasteiger partial charge in [0.1, 0.15) is 41.0 Å². The average molecular weight is 490 g/mol. The van der Waals surface area contributed by atoms with Gasteiger partial charge in [-0.25, -0.2) is 4.79 Å². The normalized spacial score (nSPS) is 24.2. The molecule has 1 saturated heterocycles. The second-order valence-electron chi connectivity index (χ2n) is 7.69. The largest absolute Gasteiger partial charge is 0.507 e. The Morgan fingerprint density at radius 2 is 1.63 bits per heavy atom. The van der Waals surface area contributed by atoms with Crippen LogP contribution < -0.4 is 14.9 Å². The predicted molar refractivity (Wildman–Crippen MR) is 117 cm³/mol. The number of ether oxygens (including phenoxy) is 4. The lowest BCUT2D eigenvalue weighted by Crippen LogP contribution is -2.61. The first-order valence-electron chi connectivity index (χ1n) is 10.3. The first-order chi connectivity index (χ1) is 16.7.